The van der Waals surface area contributed by atoms with E-state index in [0.717, 1.165) is 11.0 Å². The van der Waals surface area contributed by atoms with Crippen molar-refractivity contribution in [3.8, 4) is 5.75 Å². The van der Waals surface area contributed by atoms with Gasteiger partial charge in [-0.15, -0.1) is 4.73 Å². The number of phenolic OH excluding ortho intramolecular Hbond substituents is 1. The van der Waals surface area contributed by atoms with Gasteiger partial charge in [-0.1, -0.05) is 0 Å². The number of imidazole rings is 1. The van der Waals surface area contributed by atoms with Crippen molar-refractivity contribution in [1.29, 1.82) is 0 Å². The van der Waals surface area contributed by atoms with Crippen LogP contribution < -0.4 is 10.0 Å². The number of hydrogen-bond acceptors (Lipinski definition) is 6. The first-order valence-corrected chi connectivity index (χ1v) is 6.89. The summed E-state index contributed by atoms with van der Waals surface area (Å²) in [5, 5.41) is 9.74. The Morgan fingerprint density at radius 3 is 2.61 bits per heavy atom. The number of nitrogens with two attached hydrogens (primary N) is 1. The number of rotatable bonds is 2. The lowest BCUT2D eigenvalue weighted by Gasteiger charge is -2.08. The minimum atomic E-state index is -3.74. The molecule has 0 amide bonds. The van der Waals surface area contributed by atoms with Crippen LogP contribution in [0.1, 0.15) is 11.1 Å². The van der Waals surface area contributed by atoms with E-state index in [1.165, 1.54) is 6.07 Å². The fourth-order valence-electron chi connectivity index (χ4n) is 1.74. The minimum Gasteiger partial charge on any atom is -0.508 e. The maximum atomic E-state index is 11.2. The molecule has 1 heterocycles. The molecular weight excluding hydrogens is 258 g/mol. The smallest absolute Gasteiger partial charge is 0.324 e. The van der Waals surface area contributed by atoms with Gasteiger partial charge >= 0.3 is 10.1 Å². The fourth-order valence-corrected chi connectivity index (χ4v) is 2.16. The summed E-state index contributed by atoms with van der Waals surface area (Å²) in [5.74, 6) is -0.0644. The number of aromatic hydroxyl groups is 1. The number of phenols is 1. The Hall–Kier alpha value is -1.96. The summed E-state index contributed by atoms with van der Waals surface area (Å²) in [7, 11) is -3.74. The van der Waals surface area contributed by atoms with Crippen molar-refractivity contribution in [3.63, 3.8) is 0 Å². The van der Waals surface area contributed by atoms with Crippen LogP contribution in [0.5, 0.6) is 5.75 Å². The summed E-state index contributed by atoms with van der Waals surface area (Å²) in [6, 6.07) is 1.54. The van der Waals surface area contributed by atoms with Gasteiger partial charge in [0.05, 0.1) is 11.8 Å². The SMILES string of the molecule is Cc1cc(O)c(C)c2c1nc(N)n2OS(C)(=O)=O. The van der Waals surface area contributed by atoms with Gasteiger partial charge in [-0.25, -0.2) is 4.98 Å². The Morgan fingerprint density at radius 2 is 2.06 bits per heavy atom. The standard InChI is InChI=1S/C10H13N3O4S/c1-5-4-7(14)6(2)9-8(5)12-10(11)13(9)17-18(3,15)16/h4,14H,1-3H3,(H2,11,12). The quantitative estimate of drug-likeness (QED) is 0.815. The van der Waals surface area contributed by atoms with E-state index in [4.69, 9.17) is 10.0 Å². The molecule has 0 aliphatic carbocycles. The van der Waals surface area contributed by atoms with Crippen LogP contribution in [-0.2, 0) is 10.1 Å². The number of hydrogen-bond donors (Lipinski definition) is 2. The number of fused-ring (bicyclic) bond motifs is 1. The van der Waals surface area contributed by atoms with Crippen molar-refractivity contribution >= 4 is 27.1 Å². The van der Waals surface area contributed by atoms with Gasteiger partial charge in [0.25, 0.3) is 0 Å². The number of aromatic nitrogens is 2. The first-order chi connectivity index (χ1) is 8.20. The molecule has 0 aliphatic rings. The molecule has 0 spiro atoms. The zero-order valence-corrected chi connectivity index (χ0v) is 10.9. The second-order valence-electron chi connectivity index (χ2n) is 4.08. The zero-order valence-electron chi connectivity index (χ0n) is 10.1. The molecule has 0 saturated heterocycles. The van der Waals surface area contributed by atoms with E-state index < -0.39 is 10.1 Å². The molecule has 1 aromatic carbocycles. The Morgan fingerprint density at radius 1 is 1.44 bits per heavy atom. The summed E-state index contributed by atoms with van der Waals surface area (Å²) in [6.07, 6.45) is 0.906. The Kier molecular flexibility index (Phi) is 2.62. The molecule has 3 N–H and O–H groups in total. The van der Waals surface area contributed by atoms with Crippen molar-refractivity contribution in [2.75, 3.05) is 12.0 Å². The first-order valence-electron chi connectivity index (χ1n) is 5.07. The van der Waals surface area contributed by atoms with Gasteiger partial charge in [0, 0.05) is 5.56 Å². The molecule has 0 bridgehead atoms. The molecule has 0 fully saturated rings. The van der Waals surface area contributed by atoms with Gasteiger partial charge < -0.3 is 10.8 Å². The summed E-state index contributed by atoms with van der Waals surface area (Å²) >= 11 is 0. The van der Waals surface area contributed by atoms with Crippen LogP contribution in [0.4, 0.5) is 5.95 Å². The van der Waals surface area contributed by atoms with E-state index in [9.17, 15) is 13.5 Å². The van der Waals surface area contributed by atoms with Gasteiger partial charge in [-0.3, -0.25) is 4.28 Å². The van der Waals surface area contributed by atoms with Crippen LogP contribution in [0.25, 0.3) is 11.0 Å². The van der Waals surface area contributed by atoms with Gasteiger partial charge in [0.15, 0.2) is 0 Å². The van der Waals surface area contributed by atoms with Crippen molar-refractivity contribution in [2.45, 2.75) is 13.8 Å². The van der Waals surface area contributed by atoms with Crippen LogP contribution in [0, 0.1) is 13.8 Å². The molecule has 2 aromatic rings. The Labute approximate surface area is 104 Å². The van der Waals surface area contributed by atoms with Gasteiger partial charge in [-0.2, -0.15) is 8.42 Å². The highest BCUT2D eigenvalue weighted by Gasteiger charge is 2.19. The highest BCUT2D eigenvalue weighted by molar-refractivity contribution is 7.86. The molecule has 2 rings (SSSR count). The molecule has 0 aliphatic heterocycles. The molecule has 18 heavy (non-hydrogen) atoms. The third-order valence-electron chi connectivity index (χ3n) is 2.54. The Bertz CT molecular complexity index is 733. The van der Waals surface area contributed by atoms with Crippen molar-refractivity contribution in [2.24, 2.45) is 0 Å². The van der Waals surface area contributed by atoms with Crippen molar-refractivity contribution < 1.29 is 17.8 Å². The van der Waals surface area contributed by atoms with E-state index in [1.54, 1.807) is 13.8 Å². The highest BCUT2D eigenvalue weighted by atomic mass is 32.2. The van der Waals surface area contributed by atoms with Crippen molar-refractivity contribution in [1.82, 2.24) is 9.71 Å². The highest BCUT2D eigenvalue weighted by Crippen LogP contribution is 2.30. The zero-order chi connectivity index (χ0) is 13.7. The van der Waals surface area contributed by atoms with Gasteiger partial charge in [-0.05, 0) is 25.5 Å². The number of nitrogen functional groups attached to an aromatic ring is 1. The summed E-state index contributed by atoms with van der Waals surface area (Å²) in [6.45, 7) is 3.36. The molecular formula is C10H13N3O4S. The maximum absolute atomic E-state index is 11.2. The van der Waals surface area contributed by atoms with Crippen LogP contribution in [0.3, 0.4) is 0 Å². The second-order valence-corrected chi connectivity index (χ2v) is 5.64. The largest absolute Gasteiger partial charge is 0.508 e. The molecule has 8 heteroatoms. The summed E-state index contributed by atoms with van der Waals surface area (Å²) < 4.78 is 28.0. The van der Waals surface area contributed by atoms with E-state index in [-0.39, 0.29) is 11.7 Å². The lowest BCUT2D eigenvalue weighted by atomic mass is 10.1. The third kappa shape index (κ3) is 1.94. The summed E-state index contributed by atoms with van der Waals surface area (Å²) in [5.41, 5.74) is 7.59. The average Bonchev–Trinajstić information content (AvgIpc) is 2.52. The average molecular weight is 271 g/mol. The van der Waals surface area contributed by atoms with Crippen LogP contribution in [0.15, 0.2) is 6.07 Å². The first kappa shape index (κ1) is 12.5. The fraction of sp³-hybridized carbons (Fsp3) is 0.300. The third-order valence-corrected chi connectivity index (χ3v) is 2.96. The van der Waals surface area contributed by atoms with Crippen molar-refractivity contribution in [3.05, 3.63) is 17.2 Å². The number of aryl methyl sites for hydroxylation is 2. The molecule has 0 radical (unpaired) electrons. The monoisotopic (exact) mass is 271 g/mol. The van der Waals surface area contributed by atoms with E-state index in [2.05, 4.69) is 4.98 Å². The molecule has 7 nitrogen and oxygen atoms in total. The molecule has 98 valence electrons. The molecule has 1 aromatic heterocycles. The van der Waals surface area contributed by atoms with Gasteiger partial charge in [0.1, 0.15) is 11.3 Å². The number of anilines is 1. The van der Waals surface area contributed by atoms with Gasteiger partial charge in [0.2, 0.25) is 5.95 Å². The maximum Gasteiger partial charge on any atom is 0.324 e. The number of benzene rings is 1. The molecule has 0 saturated carbocycles. The van der Waals surface area contributed by atoms with E-state index in [1.807, 2.05) is 0 Å². The van der Waals surface area contributed by atoms with Crippen LogP contribution in [0.2, 0.25) is 0 Å². The lowest BCUT2D eigenvalue weighted by molar-refractivity contribution is 0.299. The van der Waals surface area contributed by atoms with Crippen LogP contribution >= 0.6 is 0 Å². The predicted octanol–water partition coefficient (Wildman–Crippen LogP) is 0.329. The van der Waals surface area contributed by atoms with E-state index >= 15 is 0 Å². The Balaban J connectivity index is 2.85. The second kappa shape index (κ2) is 3.77. The predicted molar refractivity (Wildman–Crippen MR) is 66.7 cm³/mol. The van der Waals surface area contributed by atoms with Crippen LogP contribution in [-0.4, -0.2) is 29.5 Å². The molecule has 0 atom stereocenters. The van der Waals surface area contributed by atoms with E-state index in [0.29, 0.717) is 22.2 Å². The normalized spacial score (nSPS) is 11.9. The topological polar surface area (TPSA) is 107 Å². The number of nitrogens with zero attached hydrogens (tertiary/aromatic N) is 2. The minimum absolute atomic E-state index is 0.0262. The lowest BCUT2D eigenvalue weighted by Crippen LogP contribution is -2.20. The summed E-state index contributed by atoms with van der Waals surface area (Å²) in [4.78, 5) is 4.04. The molecule has 0 unspecified atom stereocenters.